The van der Waals surface area contributed by atoms with E-state index >= 15 is 0 Å². The van der Waals surface area contributed by atoms with E-state index in [2.05, 4.69) is 0 Å². The molecule has 4 nitrogen and oxygen atoms in total. The highest BCUT2D eigenvalue weighted by atomic mass is 19.1. The molecule has 0 aliphatic carbocycles. The van der Waals surface area contributed by atoms with Gasteiger partial charge in [0.2, 0.25) is 0 Å². The number of rotatable bonds is 8. The molecule has 0 heterocycles. The lowest BCUT2D eigenvalue weighted by Gasteiger charge is -2.11. The van der Waals surface area contributed by atoms with Gasteiger partial charge in [-0.2, -0.15) is 0 Å². The first-order valence-electron chi connectivity index (χ1n) is 10.3. The molecular formula is C24H37FO4. The summed E-state index contributed by atoms with van der Waals surface area (Å²) in [7, 11) is 0. The molecule has 0 aliphatic heterocycles. The number of halogens is 1. The fourth-order valence-electron chi connectivity index (χ4n) is 2.47. The average molecular weight is 409 g/mol. The van der Waals surface area contributed by atoms with Crippen molar-refractivity contribution < 1.29 is 23.6 Å². The highest BCUT2D eigenvalue weighted by molar-refractivity contribution is 6.09. The van der Waals surface area contributed by atoms with Crippen molar-refractivity contribution in [2.75, 3.05) is 0 Å². The minimum Gasteiger partial charge on any atom is -0.300 e. The molecule has 0 bridgehead atoms. The highest BCUT2D eigenvalue weighted by Gasteiger charge is 2.20. The number of carbonyl (C=O) groups is 4. The van der Waals surface area contributed by atoms with E-state index in [1.54, 1.807) is 27.7 Å². The van der Waals surface area contributed by atoms with Crippen molar-refractivity contribution in [1.29, 1.82) is 0 Å². The normalized spacial score (nSPS) is 10.9. The topological polar surface area (TPSA) is 68.3 Å². The lowest BCUT2D eigenvalue weighted by Crippen LogP contribution is -2.14. The van der Waals surface area contributed by atoms with Crippen molar-refractivity contribution in [2.24, 2.45) is 11.8 Å². The van der Waals surface area contributed by atoms with Crippen LogP contribution in [0.2, 0.25) is 0 Å². The van der Waals surface area contributed by atoms with Crippen molar-refractivity contribution in [3.05, 3.63) is 34.6 Å². The molecule has 1 atom stereocenters. The number of hydrogen-bond acceptors (Lipinski definition) is 4. The van der Waals surface area contributed by atoms with Crippen LogP contribution < -0.4 is 0 Å². The van der Waals surface area contributed by atoms with Crippen LogP contribution in [-0.2, 0) is 9.59 Å². The largest absolute Gasteiger partial charge is 0.300 e. The van der Waals surface area contributed by atoms with E-state index in [1.807, 2.05) is 27.7 Å². The molecule has 0 N–H and O–H groups in total. The predicted octanol–water partition coefficient (Wildman–Crippen LogP) is 6.17. The molecule has 0 radical (unpaired) electrons. The predicted molar refractivity (Wildman–Crippen MR) is 116 cm³/mol. The SMILES string of the molecule is CC.CC(=O)c1c(C)cc(F)cc1C(=O)C(C)C.CCC(=O)CCC(C)C(C)=O. The van der Waals surface area contributed by atoms with E-state index in [0.717, 1.165) is 6.07 Å². The van der Waals surface area contributed by atoms with Crippen molar-refractivity contribution >= 4 is 23.1 Å². The lowest BCUT2D eigenvalue weighted by atomic mass is 9.91. The fourth-order valence-corrected chi connectivity index (χ4v) is 2.47. The van der Waals surface area contributed by atoms with Crippen LogP contribution >= 0.6 is 0 Å². The smallest absolute Gasteiger partial charge is 0.166 e. The van der Waals surface area contributed by atoms with E-state index in [0.29, 0.717) is 30.4 Å². The first kappa shape index (κ1) is 29.0. The molecule has 0 aliphatic rings. The van der Waals surface area contributed by atoms with Gasteiger partial charge in [0.25, 0.3) is 0 Å². The molecule has 5 heteroatoms. The zero-order valence-electron chi connectivity index (χ0n) is 19.4. The van der Waals surface area contributed by atoms with Crippen LogP contribution in [0.25, 0.3) is 0 Å². The Morgan fingerprint density at radius 2 is 1.52 bits per heavy atom. The first-order chi connectivity index (χ1) is 13.4. The van der Waals surface area contributed by atoms with E-state index in [1.165, 1.54) is 13.0 Å². The molecule has 29 heavy (non-hydrogen) atoms. The molecule has 0 aromatic heterocycles. The van der Waals surface area contributed by atoms with Crippen LogP contribution in [0, 0.1) is 24.6 Å². The summed E-state index contributed by atoms with van der Waals surface area (Å²) in [6, 6.07) is 2.42. The number of aryl methyl sites for hydroxylation is 1. The molecule has 0 spiro atoms. The zero-order valence-corrected chi connectivity index (χ0v) is 19.4. The Balaban J connectivity index is 0. The van der Waals surface area contributed by atoms with Gasteiger partial charge in [0.1, 0.15) is 17.4 Å². The quantitative estimate of drug-likeness (QED) is 0.482. The summed E-state index contributed by atoms with van der Waals surface area (Å²) in [4.78, 5) is 44.9. The van der Waals surface area contributed by atoms with E-state index in [-0.39, 0.29) is 40.5 Å². The minimum absolute atomic E-state index is 0.0468. The van der Waals surface area contributed by atoms with Gasteiger partial charge in [0.05, 0.1) is 0 Å². The van der Waals surface area contributed by atoms with Crippen molar-refractivity contribution in [1.82, 2.24) is 0 Å². The van der Waals surface area contributed by atoms with Gasteiger partial charge in [-0.05, 0) is 44.9 Å². The molecule has 0 saturated heterocycles. The fraction of sp³-hybridized carbons (Fsp3) is 0.583. The molecule has 0 amide bonds. The summed E-state index contributed by atoms with van der Waals surface area (Å²) in [5, 5.41) is 0. The Morgan fingerprint density at radius 1 is 1.00 bits per heavy atom. The molecule has 1 aromatic carbocycles. The van der Waals surface area contributed by atoms with Crippen LogP contribution in [0.5, 0.6) is 0 Å². The second-order valence-electron chi connectivity index (χ2n) is 7.16. The number of carbonyl (C=O) groups excluding carboxylic acids is 4. The van der Waals surface area contributed by atoms with Crippen molar-refractivity contribution in [3.8, 4) is 0 Å². The number of ketones is 4. The molecule has 1 unspecified atom stereocenters. The summed E-state index contributed by atoms with van der Waals surface area (Å²) in [6.07, 6.45) is 1.85. The third-order valence-electron chi connectivity index (χ3n) is 4.39. The molecule has 164 valence electrons. The van der Waals surface area contributed by atoms with Crippen molar-refractivity contribution in [2.45, 2.75) is 81.6 Å². The van der Waals surface area contributed by atoms with E-state index in [4.69, 9.17) is 0 Å². The third-order valence-corrected chi connectivity index (χ3v) is 4.39. The van der Waals surface area contributed by atoms with Crippen LogP contribution in [0.4, 0.5) is 4.39 Å². The Labute approximate surface area is 175 Å². The summed E-state index contributed by atoms with van der Waals surface area (Å²) in [5.74, 6) is -0.669. The minimum atomic E-state index is -0.480. The summed E-state index contributed by atoms with van der Waals surface area (Å²) < 4.78 is 13.2. The van der Waals surface area contributed by atoms with Gasteiger partial charge in [0.15, 0.2) is 11.6 Å². The molecule has 1 aromatic rings. The van der Waals surface area contributed by atoms with E-state index < -0.39 is 5.82 Å². The van der Waals surface area contributed by atoms with Crippen LogP contribution in [-0.4, -0.2) is 23.1 Å². The maximum absolute atomic E-state index is 13.2. The highest BCUT2D eigenvalue weighted by Crippen LogP contribution is 2.20. The monoisotopic (exact) mass is 408 g/mol. The molecule has 1 rings (SSSR count). The van der Waals surface area contributed by atoms with Gasteiger partial charge in [-0.3, -0.25) is 19.2 Å². The van der Waals surface area contributed by atoms with Crippen LogP contribution in [0.3, 0.4) is 0 Å². The van der Waals surface area contributed by atoms with Gasteiger partial charge in [-0.25, -0.2) is 4.39 Å². The second kappa shape index (κ2) is 14.8. The zero-order chi connectivity index (χ0) is 23.3. The molecule has 0 fully saturated rings. The summed E-state index contributed by atoms with van der Waals surface area (Å²) >= 11 is 0. The van der Waals surface area contributed by atoms with Crippen LogP contribution in [0.15, 0.2) is 12.1 Å². The van der Waals surface area contributed by atoms with Gasteiger partial charge in [0, 0.05) is 35.8 Å². The Kier molecular flexibility index (Phi) is 14.8. The van der Waals surface area contributed by atoms with Crippen LogP contribution in [0.1, 0.15) is 101 Å². The number of hydrogen-bond donors (Lipinski definition) is 0. The maximum Gasteiger partial charge on any atom is 0.166 e. The standard InChI is InChI=1S/C13H15FO2.C9H16O2.C2H6/c1-7(2)13(16)11-6-10(14)5-8(3)12(11)9(4)15;1-4-9(11)6-5-7(2)8(3)10;1-2/h5-7H,1-4H3;7H,4-6H2,1-3H3;1-2H3. The first-order valence-corrected chi connectivity index (χ1v) is 10.3. The lowest BCUT2D eigenvalue weighted by molar-refractivity contribution is -0.121. The third kappa shape index (κ3) is 10.8. The van der Waals surface area contributed by atoms with Gasteiger partial charge >= 0.3 is 0 Å². The van der Waals surface area contributed by atoms with E-state index in [9.17, 15) is 23.6 Å². The van der Waals surface area contributed by atoms with Crippen molar-refractivity contribution in [3.63, 3.8) is 0 Å². The molecule has 0 saturated carbocycles. The van der Waals surface area contributed by atoms with Gasteiger partial charge < -0.3 is 0 Å². The number of benzene rings is 1. The summed E-state index contributed by atoms with van der Waals surface area (Å²) in [6.45, 7) is 15.8. The molecular weight excluding hydrogens is 371 g/mol. The Hall–Kier alpha value is -2.17. The van der Waals surface area contributed by atoms with Gasteiger partial charge in [-0.15, -0.1) is 0 Å². The summed E-state index contributed by atoms with van der Waals surface area (Å²) in [5.41, 5.74) is 1.04. The average Bonchev–Trinajstić information content (AvgIpc) is 2.65. The maximum atomic E-state index is 13.2. The Bertz CT molecular complexity index is 705. The second-order valence-corrected chi connectivity index (χ2v) is 7.16. The Morgan fingerprint density at radius 3 is 1.90 bits per heavy atom. The number of Topliss-reactive ketones (excluding diaryl/α,β-unsaturated/α-hetero) is 4. The van der Waals surface area contributed by atoms with Gasteiger partial charge in [-0.1, -0.05) is 41.5 Å².